The summed E-state index contributed by atoms with van der Waals surface area (Å²) in [5.74, 6) is 1.94. The number of thiophene rings is 1. The van der Waals surface area contributed by atoms with Gasteiger partial charge in [-0.1, -0.05) is 124 Å². The van der Waals surface area contributed by atoms with Crippen LogP contribution in [-0.2, 0) is 33.1 Å². The van der Waals surface area contributed by atoms with Gasteiger partial charge in [-0.05, 0) is 70.6 Å². The quantitative estimate of drug-likeness (QED) is 0.150. The van der Waals surface area contributed by atoms with Crippen LogP contribution < -0.4 is 0 Å². The molecule has 0 bridgehead atoms. The summed E-state index contributed by atoms with van der Waals surface area (Å²) >= 11 is 1.70. The molecule has 0 saturated carbocycles. The molecule has 50 heavy (non-hydrogen) atoms. The molecular weight excluding hydrogens is 807 g/mol. The Balaban J connectivity index is 0.000000267. The van der Waals surface area contributed by atoms with E-state index in [0.29, 0.717) is 11.8 Å². The SMILES string of the molecule is CC(C)c1cccc(C(C)C)c1Cn1c(-c2[c-]sc3ccc(CC(C)(C)C)cc23)nc2ccccc21.[2H]C([2H])([2H])c1ccc(-c2[c-]cccc2)nc1.[Ir]. The molecule has 0 aliphatic heterocycles. The monoisotopic (exact) mass is 857 g/mol. The standard InChI is InChI=1S/C33H37N2S.C12H10N.Ir/c1-21(2)24-11-10-12-25(22(3)4)27(24)19-35-30-14-9-8-13-29(30)34-32(35)28-20-36-31-16-15-23(17-26(28)31)18-33(5,6)7;1-10-7-8-12(13-9-10)11-5-3-2-4-6-11;/h8-17,21-22H,18-19H2,1-7H3;2-5,7-9H,1H3;/q2*-1;/i;1D3;. The first-order valence-corrected chi connectivity index (χ1v) is 18.0. The maximum absolute atomic E-state index is 7.23. The van der Waals surface area contributed by atoms with Crippen molar-refractivity contribution in [2.45, 2.75) is 80.1 Å². The summed E-state index contributed by atoms with van der Waals surface area (Å²) in [6, 6.07) is 36.1. The number of hydrogen-bond acceptors (Lipinski definition) is 3. The van der Waals surface area contributed by atoms with Gasteiger partial charge in [-0.3, -0.25) is 16.3 Å². The van der Waals surface area contributed by atoms with Gasteiger partial charge in [0, 0.05) is 37.0 Å². The molecular formula is C45H47IrN3S-2. The van der Waals surface area contributed by atoms with Crippen LogP contribution in [0.4, 0.5) is 0 Å². The van der Waals surface area contributed by atoms with E-state index in [2.05, 4.69) is 130 Å². The van der Waals surface area contributed by atoms with E-state index in [1.807, 2.05) is 18.2 Å². The smallest absolute Gasteiger partial charge is 0.0770 e. The van der Waals surface area contributed by atoms with E-state index in [-0.39, 0.29) is 31.1 Å². The summed E-state index contributed by atoms with van der Waals surface area (Å²) < 4.78 is 25.4. The number of fused-ring (bicyclic) bond motifs is 2. The second kappa shape index (κ2) is 16.0. The number of hydrogen-bond donors (Lipinski definition) is 0. The number of rotatable bonds is 7. The molecule has 0 atom stereocenters. The Morgan fingerprint density at radius 1 is 0.860 bits per heavy atom. The van der Waals surface area contributed by atoms with Crippen LogP contribution in [0.2, 0.25) is 0 Å². The molecule has 0 fully saturated rings. The van der Waals surface area contributed by atoms with E-state index in [4.69, 9.17) is 9.10 Å². The van der Waals surface area contributed by atoms with Crippen LogP contribution in [0.5, 0.6) is 0 Å². The average molecular weight is 857 g/mol. The number of pyridine rings is 1. The molecule has 0 spiro atoms. The summed E-state index contributed by atoms with van der Waals surface area (Å²) in [5.41, 5.74) is 11.1. The first-order valence-electron chi connectivity index (χ1n) is 18.6. The predicted octanol–water partition coefficient (Wildman–Crippen LogP) is 12.5. The Kier molecular flexibility index (Phi) is 10.6. The number of aryl methyl sites for hydroxylation is 1. The fraction of sp³-hybridized carbons (Fsp3) is 0.289. The first kappa shape index (κ1) is 33.3. The number of para-hydroxylation sites is 2. The van der Waals surface area contributed by atoms with E-state index < -0.39 is 6.85 Å². The average Bonchev–Trinajstić information content (AvgIpc) is 3.68. The third-order valence-electron chi connectivity index (χ3n) is 8.75. The maximum Gasteiger partial charge on any atom is 0.0770 e. The summed E-state index contributed by atoms with van der Waals surface area (Å²) in [6.45, 7) is 14.8. The van der Waals surface area contributed by atoms with Gasteiger partial charge in [-0.2, -0.15) is 0 Å². The normalized spacial score (nSPS) is 12.7. The van der Waals surface area contributed by atoms with Crippen LogP contribution in [0.25, 0.3) is 43.8 Å². The van der Waals surface area contributed by atoms with Crippen molar-refractivity contribution in [1.29, 1.82) is 0 Å². The van der Waals surface area contributed by atoms with Crippen LogP contribution in [0.3, 0.4) is 0 Å². The largest absolute Gasteiger partial charge is 0.360 e. The minimum Gasteiger partial charge on any atom is -0.360 e. The molecule has 0 amide bonds. The Bertz CT molecular complexity index is 2250. The summed E-state index contributed by atoms with van der Waals surface area (Å²) in [7, 11) is 0. The third kappa shape index (κ3) is 8.52. The molecule has 0 N–H and O–H groups in total. The Morgan fingerprint density at radius 3 is 2.24 bits per heavy atom. The second-order valence-corrected chi connectivity index (χ2v) is 15.4. The molecule has 5 heteroatoms. The molecule has 3 aromatic heterocycles. The number of aromatic nitrogens is 3. The molecule has 0 unspecified atom stereocenters. The molecule has 0 saturated heterocycles. The fourth-order valence-electron chi connectivity index (χ4n) is 6.49. The number of imidazole rings is 1. The Hall–Kier alpha value is -3.89. The van der Waals surface area contributed by atoms with Crippen molar-refractivity contribution in [3.05, 3.63) is 143 Å². The van der Waals surface area contributed by atoms with Gasteiger partial charge in [0.2, 0.25) is 0 Å². The molecule has 7 aromatic rings. The van der Waals surface area contributed by atoms with E-state index in [1.165, 1.54) is 44.1 Å². The summed E-state index contributed by atoms with van der Waals surface area (Å²) in [6.07, 6.45) is 2.44. The van der Waals surface area contributed by atoms with Gasteiger partial charge in [0.25, 0.3) is 0 Å². The van der Waals surface area contributed by atoms with E-state index >= 15 is 0 Å². The van der Waals surface area contributed by atoms with E-state index in [9.17, 15) is 0 Å². The van der Waals surface area contributed by atoms with Crippen molar-refractivity contribution in [2.75, 3.05) is 0 Å². The van der Waals surface area contributed by atoms with Crippen LogP contribution in [0.15, 0.2) is 103 Å². The summed E-state index contributed by atoms with van der Waals surface area (Å²) in [4.78, 5) is 9.32. The van der Waals surface area contributed by atoms with Gasteiger partial charge in [0.05, 0.1) is 16.9 Å². The van der Waals surface area contributed by atoms with Gasteiger partial charge >= 0.3 is 0 Å². The van der Waals surface area contributed by atoms with Crippen molar-refractivity contribution >= 4 is 32.5 Å². The zero-order valence-corrected chi connectivity index (χ0v) is 33.2. The molecule has 4 aromatic carbocycles. The molecule has 259 valence electrons. The van der Waals surface area contributed by atoms with E-state index in [0.717, 1.165) is 41.1 Å². The van der Waals surface area contributed by atoms with Gasteiger partial charge in [0.15, 0.2) is 0 Å². The van der Waals surface area contributed by atoms with Crippen LogP contribution >= 0.6 is 11.3 Å². The van der Waals surface area contributed by atoms with E-state index in [1.54, 1.807) is 29.5 Å². The van der Waals surface area contributed by atoms with Crippen LogP contribution in [0, 0.1) is 23.7 Å². The van der Waals surface area contributed by atoms with Crippen LogP contribution in [-0.4, -0.2) is 14.5 Å². The molecule has 1 radical (unpaired) electrons. The minimum atomic E-state index is -2.09. The maximum atomic E-state index is 7.23. The first-order chi connectivity index (χ1) is 24.7. The Labute approximate surface area is 320 Å². The third-order valence-corrected chi connectivity index (χ3v) is 9.63. The minimum absolute atomic E-state index is 0. The van der Waals surface area contributed by atoms with Crippen molar-refractivity contribution in [1.82, 2.24) is 14.5 Å². The zero-order chi connectivity index (χ0) is 37.2. The predicted molar refractivity (Wildman–Crippen MR) is 210 cm³/mol. The van der Waals surface area contributed by atoms with Gasteiger partial charge < -0.3 is 9.55 Å². The van der Waals surface area contributed by atoms with Crippen molar-refractivity contribution < 1.29 is 24.2 Å². The van der Waals surface area contributed by atoms with Gasteiger partial charge in [0.1, 0.15) is 0 Å². The molecule has 3 heterocycles. The molecule has 0 aliphatic carbocycles. The number of nitrogens with zero attached hydrogens (tertiary/aromatic N) is 3. The Morgan fingerprint density at radius 2 is 1.60 bits per heavy atom. The van der Waals surface area contributed by atoms with Crippen molar-refractivity contribution in [3.8, 4) is 22.6 Å². The second-order valence-electron chi connectivity index (χ2n) is 14.6. The summed E-state index contributed by atoms with van der Waals surface area (Å²) in [5, 5.41) is 4.90. The van der Waals surface area contributed by atoms with Gasteiger partial charge in [-0.15, -0.1) is 47.3 Å². The number of benzene rings is 4. The van der Waals surface area contributed by atoms with Gasteiger partial charge in [-0.25, -0.2) is 0 Å². The molecule has 3 nitrogen and oxygen atoms in total. The molecule has 0 aliphatic rings. The zero-order valence-electron chi connectivity index (χ0n) is 33.0. The van der Waals surface area contributed by atoms with Crippen LogP contribution in [0.1, 0.15) is 92.2 Å². The molecule has 7 rings (SSSR count). The van der Waals surface area contributed by atoms with Crippen molar-refractivity contribution in [3.63, 3.8) is 0 Å². The fourth-order valence-corrected chi connectivity index (χ4v) is 7.31. The topological polar surface area (TPSA) is 30.7 Å². The van der Waals surface area contributed by atoms with Crippen molar-refractivity contribution in [2.24, 2.45) is 5.41 Å².